The summed E-state index contributed by atoms with van der Waals surface area (Å²) in [5, 5.41) is 5.89. The van der Waals surface area contributed by atoms with Gasteiger partial charge < -0.3 is 10.6 Å². The van der Waals surface area contributed by atoms with E-state index in [-0.39, 0.29) is 6.03 Å². The van der Waals surface area contributed by atoms with Gasteiger partial charge in [0.25, 0.3) is 0 Å². The van der Waals surface area contributed by atoms with E-state index in [1.165, 1.54) is 37.7 Å². The van der Waals surface area contributed by atoms with E-state index in [1.807, 2.05) is 6.20 Å². The zero-order valence-corrected chi connectivity index (χ0v) is 9.93. The first-order valence-electron chi connectivity index (χ1n) is 6.59. The number of urea groups is 1. The lowest BCUT2D eigenvalue weighted by molar-refractivity contribution is 0.240. The summed E-state index contributed by atoms with van der Waals surface area (Å²) >= 11 is 0. The summed E-state index contributed by atoms with van der Waals surface area (Å²) in [5.74, 6) is 0. The predicted octanol–water partition coefficient (Wildman–Crippen LogP) is 3.08. The Balaban J connectivity index is 1.69. The molecule has 0 bridgehead atoms. The quantitative estimate of drug-likeness (QED) is 0.740. The maximum atomic E-state index is 11.6. The number of rotatable bonds is 2. The SMILES string of the molecule is O=C(NC=C1CCCCC1)NC1CCCC1. The van der Waals surface area contributed by atoms with Crippen molar-refractivity contribution in [3.05, 3.63) is 11.8 Å². The molecule has 2 N–H and O–H groups in total. The van der Waals surface area contributed by atoms with Crippen LogP contribution in [0.3, 0.4) is 0 Å². The van der Waals surface area contributed by atoms with Crippen LogP contribution in [0.25, 0.3) is 0 Å². The molecule has 2 saturated carbocycles. The zero-order valence-electron chi connectivity index (χ0n) is 9.93. The number of allylic oxidation sites excluding steroid dienone is 1. The molecule has 2 aliphatic rings. The maximum absolute atomic E-state index is 11.6. The second kappa shape index (κ2) is 5.92. The third-order valence-corrected chi connectivity index (χ3v) is 3.59. The molecule has 2 rings (SSSR count). The Hall–Kier alpha value is -0.990. The Morgan fingerprint density at radius 1 is 1.06 bits per heavy atom. The second-order valence-corrected chi connectivity index (χ2v) is 4.96. The van der Waals surface area contributed by atoms with Crippen LogP contribution in [0.5, 0.6) is 0 Å². The van der Waals surface area contributed by atoms with Gasteiger partial charge in [-0.05, 0) is 38.5 Å². The summed E-state index contributed by atoms with van der Waals surface area (Å²) in [6.45, 7) is 0. The smallest absolute Gasteiger partial charge is 0.318 e. The first-order valence-corrected chi connectivity index (χ1v) is 6.59. The van der Waals surface area contributed by atoms with Gasteiger partial charge in [0.05, 0.1) is 0 Å². The van der Waals surface area contributed by atoms with Crippen molar-refractivity contribution in [1.82, 2.24) is 10.6 Å². The Bertz CT molecular complexity index is 259. The van der Waals surface area contributed by atoms with Crippen LogP contribution in [-0.4, -0.2) is 12.1 Å². The molecule has 90 valence electrons. The monoisotopic (exact) mass is 222 g/mol. The largest absolute Gasteiger partial charge is 0.335 e. The van der Waals surface area contributed by atoms with Crippen LogP contribution >= 0.6 is 0 Å². The third-order valence-electron chi connectivity index (χ3n) is 3.59. The number of amides is 2. The Morgan fingerprint density at radius 2 is 1.75 bits per heavy atom. The number of carbonyl (C=O) groups excluding carboxylic acids is 1. The zero-order chi connectivity index (χ0) is 11.2. The van der Waals surface area contributed by atoms with E-state index in [1.54, 1.807) is 0 Å². The summed E-state index contributed by atoms with van der Waals surface area (Å²) in [5.41, 5.74) is 1.40. The number of carbonyl (C=O) groups is 1. The van der Waals surface area contributed by atoms with E-state index in [0.717, 1.165) is 25.7 Å². The highest BCUT2D eigenvalue weighted by molar-refractivity contribution is 5.75. The lowest BCUT2D eigenvalue weighted by Crippen LogP contribution is -2.38. The molecule has 0 spiro atoms. The van der Waals surface area contributed by atoms with Crippen molar-refractivity contribution in [1.29, 1.82) is 0 Å². The van der Waals surface area contributed by atoms with E-state index in [4.69, 9.17) is 0 Å². The third kappa shape index (κ3) is 3.54. The van der Waals surface area contributed by atoms with Crippen molar-refractivity contribution in [2.75, 3.05) is 0 Å². The lowest BCUT2D eigenvalue weighted by atomic mass is 9.96. The van der Waals surface area contributed by atoms with E-state index in [2.05, 4.69) is 10.6 Å². The minimum absolute atomic E-state index is 0.0232. The molecule has 0 aliphatic heterocycles. The lowest BCUT2D eigenvalue weighted by Gasteiger charge is -2.15. The molecular formula is C13H22N2O. The van der Waals surface area contributed by atoms with Crippen LogP contribution in [0.1, 0.15) is 57.8 Å². The van der Waals surface area contributed by atoms with Crippen molar-refractivity contribution in [2.45, 2.75) is 63.8 Å². The van der Waals surface area contributed by atoms with E-state index in [9.17, 15) is 4.79 Å². The van der Waals surface area contributed by atoms with Gasteiger partial charge in [-0.25, -0.2) is 4.79 Å². The minimum Gasteiger partial charge on any atom is -0.335 e. The highest BCUT2D eigenvalue weighted by atomic mass is 16.2. The standard InChI is InChI=1S/C13H22N2O/c16-13(15-12-8-4-5-9-12)14-10-11-6-2-1-3-7-11/h10,12H,1-9H2,(H2,14,15,16). The Labute approximate surface area is 97.7 Å². The van der Waals surface area contributed by atoms with Gasteiger partial charge in [-0.15, -0.1) is 0 Å². The van der Waals surface area contributed by atoms with Crippen LogP contribution in [0, 0.1) is 0 Å². The molecule has 0 aromatic heterocycles. The van der Waals surface area contributed by atoms with Crippen molar-refractivity contribution in [3.63, 3.8) is 0 Å². The summed E-state index contributed by atoms with van der Waals surface area (Å²) < 4.78 is 0. The summed E-state index contributed by atoms with van der Waals surface area (Å²) in [7, 11) is 0. The molecule has 0 aromatic rings. The van der Waals surface area contributed by atoms with E-state index >= 15 is 0 Å². The molecule has 2 aliphatic carbocycles. The van der Waals surface area contributed by atoms with Crippen molar-refractivity contribution in [2.24, 2.45) is 0 Å². The maximum Gasteiger partial charge on any atom is 0.318 e. The van der Waals surface area contributed by atoms with Crippen LogP contribution in [0.2, 0.25) is 0 Å². The number of hydrogen-bond acceptors (Lipinski definition) is 1. The Kier molecular flexibility index (Phi) is 4.25. The molecular weight excluding hydrogens is 200 g/mol. The molecule has 0 atom stereocenters. The highest BCUT2D eigenvalue weighted by Crippen LogP contribution is 2.21. The number of hydrogen-bond donors (Lipinski definition) is 2. The van der Waals surface area contributed by atoms with Crippen LogP contribution < -0.4 is 10.6 Å². The van der Waals surface area contributed by atoms with Crippen LogP contribution in [-0.2, 0) is 0 Å². The summed E-state index contributed by atoms with van der Waals surface area (Å²) in [4.78, 5) is 11.6. The summed E-state index contributed by atoms with van der Waals surface area (Å²) in [6, 6.07) is 0.384. The average Bonchev–Trinajstić information content (AvgIpc) is 2.81. The van der Waals surface area contributed by atoms with Gasteiger partial charge in [0.1, 0.15) is 0 Å². The topological polar surface area (TPSA) is 41.1 Å². The first kappa shape index (κ1) is 11.5. The summed E-state index contributed by atoms with van der Waals surface area (Å²) in [6.07, 6.45) is 12.9. The van der Waals surface area contributed by atoms with E-state index < -0.39 is 0 Å². The van der Waals surface area contributed by atoms with Crippen molar-refractivity contribution in [3.8, 4) is 0 Å². The van der Waals surface area contributed by atoms with Gasteiger partial charge >= 0.3 is 6.03 Å². The molecule has 0 saturated heterocycles. The van der Waals surface area contributed by atoms with Gasteiger partial charge in [-0.3, -0.25) is 0 Å². The highest BCUT2D eigenvalue weighted by Gasteiger charge is 2.16. The first-order chi connectivity index (χ1) is 7.84. The van der Waals surface area contributed by atoms with Gasteiger partial charge in [-0.1, -0.05) is 24.8 Å². The van der Waals surface area contributed by atoms with Crippen LogP contribution in [0.4, 0.5) is 4.79 Å². The predicted molar refractivity (Wildman–Crippen MR) is 65.1 cm³/mol. The molecule has 3 nitrogen and oxygen atoms in total. The fraction of sp³-hybridized carbons (Fsp3) is 0.769. The van der Waals surface area contributed by atoms with Crippen LogP contribution in [0.15, 0.2) is 11.8 Å². The molecule has 3 heteroatoms. The minimum atomic E-state index is -0.0232. The molecule has 2 amide bonds. The molecule has 16 heavy (non-hydrogen) atoms. The normalized spacial score (nSPS) is 21.9. The van der Waals surface area contributed by atoms with Crippen molar-refractivity contribution < 1.29 is 4.79 Å². The van der Waals surface area contributed by atoms with Gasteiger partial charge in [-0.2, -0.15) is 0 Å². The van der Waals surface area contributed by atoms with Gasteiger partial charge in [0.15, 0.2) is 0 Å². The van der Waals surface area contributed by atoms with E-state index in [0.29, 0.717) is 6.04 Å². The molecule has 0 radical (unpaired) electrons. The molecule has 0 heterocycles. The van der Waals surface area contributed by atoms with Gasteiger partial charge in [0, 0.05) is 12.2 Å². The fourth-order valence-electron chi connectivity index (χ4n) is 2.62. The fourth-order valence-corrected chi connectivity index (χ4v) is 2.62. The Morgan fingerprint density at radius 3 is 2.44 bits per heavy atom. The number of nitrogens with one attached hydrogen (secondary N) is 2. The molecule has 0 aromatic carbocycles. The van der Waals surface area contributed by atoms with Gasteiger partial charge in [0.2, 0.25) is 0 Å². The second-order valence-electron chi connectivity index (χ2n) is 4.96. The van der Waals surface area contributed by atoms with Crippen molar-refractivity contribution >= 4 is 6.03 Å². The molecule has 0 unspecified atom stereocenters. The molecule has 2 fully saturated rings. The average molecular weight is 222 g/mol.